The van der Waals surface area contributed by atoms with Crippen molar-refractivity contribution in [3.05, 3.63) is 82.9 Å². The van der Waals surface area contributed by atoms with Gasteiger partial charge >= 0.3 is 0 Å². The van der Waals surface area contributed by atoms with Gasteiger partial charge in [-0.05, 0) is 49.8 Å². The Morgan fingerprint density at radius 1 is 1.00 bits per heavy atom. The molecule has 0 aliphatic carbocycles. The molecule has 0 unspecified atom stereocenters. The largest absolute Gasteiger partial charge is 0.340 e. The molecule has 0 bridgehead atoms. The van der Waals surface area contributed by atoms with Crippen LogP contribution in [0.25, 0.3) is 38.4 Å². The van der Waals surface area contributed by atoms with Crippen molar-refractivity contribution in [1.29, 1.82) is 0 Å². The van der Waals surface area contributed by atoms with E-state index in [1.807, 2.05) is 44.3 Å². The molecular weight excluding hydrogens is 540 g/mol. The molecule has 0 saturated carbocycles. The van der Waals surface area contributed by atoms with Crippen LogP contribution >= 0.6 is 0 Å². The summed E-state index contributed by atoms with van der Waals surface area (Å²) in [4.78, 5) is 4.75. The second-order valence-corrected chi connectivity index (χ2v) is 7.63. The maximum Gasteiger partial charge on any atom is 0.0612 e. The predicted octanol–water partition coefficient (Wildman–Crippen LogP) is 6.48. The van der Waals surface area contributed by atoms with Gasteiger partial charge in [-0.3, -0.25) is 9.37 Å². The summed E-state index contributed by atoms with van der Waals surface area (Å²) in [6.07, 6.45) is 2.05. The summed E-state index contributed by atoms with van der Waals surface area (Å²) in [6, 6.07) is 16.9. The molecule has 2 aromatic heterocycles. The average molecular weight is 560 g/mol. The Hall–Kier alpha value is -2.55. The summed E-state index contributed by atoms with van der Waals surface area (Å²) in [5.74, 6) is -0.255. The minimum atomic E-state index is -0.255. The number of nitrogens with zero attached hydrogens (tertiary/aromatic N) is 2. The van der Waals surface area contributed by atoms with Gasteiger partial charge in [0.2, 0.25) is 0 Å². The first-order valence-corrected chi connectivity index (χ1v) is 9.44. The Bertz CT molecular complexity index is 1420. The first-order chi connectivity index (χ1) is 13.5. The van der Waals surface area contributed by atoms with Gasteiger partial charge < -0.3 is 4.40 Å². The van der Waals surface area contributed by atoms with E-state index in [4.69, 9.17) is 4.98 Å². The minimum Gasteiger partial charge on any atom is -0.340 e. The van der Waals surface area contributed by atoms with Crippen LogP contribution in [0.15, 0.2) is 48.7 Å². The third-order valence-electron chi connectivity index (χ3n) is 5.50. The number of pyridine rings is 1. The Kier molecular flexibility index (Phi) is 4.80. The molecule has 5 rings (SSSR count). The molecule has 2 nitrogen and oxygen atoms in total. The fourth-order valence-corrected chi connectivity index (χ4v) is 4.40. The zero-order valence-corrected chi connectivity index (χ0v) is 19.1. The molecule has 3 aromatic carbocycles. The minimum absolute atomic E-state index is 0. The number of aromatic nitrogens is 2. The molecule has 0 aliphatic heterocycles. The third-order valence-corrected chi connectivity index (χ3v) is 5.50. The first-order valence-electron chi connectivity index (χ1n) is 9.44. The van der Waals surface area contributed by atoms with Gasteiger partial charge in [0, 0.05) is 43.3 Å². The first kappa shape index (κ1) is 19.8. The normalized spacial score (nSPS) is 11.3. The number of imidazole rings is 1. The van der Waals surface area contributed by atoms with Crippen LogP contribution < -0.4 is 0 Å². The van der Waals surface area contributed by atoms with E-state index >= 15 is 4.39 Å². The molecule has 5 aromatic rings. The molecule has 2 heterocycles. The molecule has 4 heteroatoms. The van der Waals surface area contributed by atoms with Crippen molar-refractivity contribution in [1.82, 2.24) is 9.38 Å². The van der Waals surface area contributed by atoms with Gasteiger partial charge in [-0.15, -0.1) is 12.1 Å². The number of halogens is 1. The summed E-state index contributed by atoms with van der Waals surface area (Å²) in [5, 5.41) is 2.77. The monoisotopic (exact) mass is 560 g/mol. The van der Waals surface area contributed by atoms with E-state index in [2.05, 4.69) is 36.4 Å². The van der Waals surface area contributed by atoms with Crippen molar-refractivity contribution >= 4 is 27.3 Å². The number of rotatable bonds is 1. The van der Waals surface area contributed by atoms with Gasteiger partial charge in [0.25, 0.3) is 0 Å². The number of benzene rings is 3. The summed E-state index contributed by atoms with van der Waals surface area (Å²) in [5.41, 5.74) is 7.72. The van der Waals surface area contributed by atoms with Crippen LogP contribution in [0.5, 0.6) is 0 Å². The van der Waals surface area contributed by atoms with E-state index in [0.29, 0.717) is 5.56 Å². The molecule has 0 aliphatic rings. The third kappa shape index (κ3) is 2.90. The maximum absolute atomic E-state index is 15.3. The van der Waals surface area contributed by atoms with E-state index in [1.165, 1.54) is 6.07 Å². The molecule has 0 N–H and O–H groups in total. The summed E-state index contributed by atoms with van der Waals surface area (Å²) in [6.45, 7) is 8.19. The summed E-state index contributed by atoms with van der Waals surface area (Å²) >= 11 is 0. The molecule has 0 amide bonds. The van der Waals surface area contributed by atoms with Crippen LogP contribution in [0, 0.1) is 39.6 Å². The van der Waals surface area contributed by atoms with Crippen LogP contribution in [0.1, 0.15) is 22.4 Å². The molecule has 0 saturated heterocycles. The molecular formula is C25H20FIrN2-. The van der Waals surface area contributed by atoms with E-state index in [1.54, 1.807) is 0 Å². The summed E-state index contributed by atoms with van der Waals surface area (Å²) in [7, 11) is 0. The van der Waals surface area contributed by atoms with Crippen LogP contribution in [0.4, 0.5) is 4.39 Å². The quantitative estimate of drug-likeness (QED) is 0.170. The van der Waals surface area contributed by atoms with Gasteiger partial charge in [0.1, 0.15) is 0 Å². The number of hydrogen-bond acceptors (Lipinski definition) is 1. The molecule has 147 valence electrons. The van der Waals surface area contributed by atoms with E-state index in [0.717, 1.165) is 55.3 Å². The number of hydrogen-bond donors (Lipinski definition) is 0. The van der Waals surface area contributed by atoms with Crippen molar-refractivity contribution in [2.24, 2.45) is 0 Å². The predicted molar refractivity (Wildman–Crippen MR) is 113 cm³/mol. The standard InChI is InChI=1S/C25H20FN2.Ir/c1-14-11-16(3)24-20(12-14)22-19(25-27-17(4)13-28(24)25)9-10-21(26)23(22)18-8-6-5-7-15(18)2;/h5-8,10-13H,1-4H3;/q-1;. The van der Waals surface area contributed by atoms with Crippen molar-refractivity contribution in [2.75, 3.05) is 0 Å². The fraction of sp³-hybridized carbons (Fsp3) is 0.160. The second-order valence-electron chi connectivity index (χ2n) is 7.63. The Morgan fingerprint density at radius 3 is 2.52 bits per heavy atom. The molecule has 0 atom stereocenters. The summed E-state index contributed by atoms with van der Waals surface area (Å²) < 4.78 is 17.4. The van der Waals surface area contributed by atoms with Crippen molar-refractivity contribution in [2.45, 2.75) is 27.7 Å². The zero-order chi connectivity index (χ0) is 19.6. The topological polar surface area (TPSA) is 17.3 Å². The maximum atomic E-state index is 15.3. The van der Waals surface area contributed by atoms with Crippen molar-refractivity contribution in [3.63, 3.8) is 0 Å². The van der Waals surface area contributed by atoms with Gasteiger partial charge in [0.05, 0.1) is 5.65 Å². The SMILES string of the molecule is Cc1cc(C)c2c(c1)c1c(-c3ccccc3C)c(F)c[c-]c1c1nc(C)cn12.[Ir]. The van der Waals surface area contributed by atoms with Gasteiger partial charge in [-0.1, -0.05) is 58.3 Å². The average Bonchev–Trinajstić information content (AvgIpc) is 3.03. The van der Waals surface area contributed by atoms with Crippen LogP contribution in [-0.4, -0.2) is 9.38 Å². The van der Waals surface area contributed by atoms with Crippen molar-refractivity contribution in [3.8, 4) is 11.1 Å². The van der Waals surface area contributed by atoms with Crippen LogP contribution in [0.2, 0.25) is 0 Å². The molecule has 0 fully saturated rings. The second kappa shape index (κ2) is 7.05. The van der Waals surface area contributed by atoms with E-state index < -0.39 is 0 Å². The van der Waals surface area contributed by atoms with Crippen molar-refractivity contribution < 1.29 is 24.5 Å². The molecule has 29 heavy (non-hydrogen) atoms. The Labute approximate surface area is 182 Å². The number of fused-ring (bicyclic) bond motifs is 6. The van der Waals surface area contributed by atoms with Crippen LogP contribution in [-0.2, 0) is 20.1 Å². The molecule has 1 radical (unpaired) electrons. The van der Waals surface area contributed by atoms with Gasteiger partial charge in [-0.25, -0.2) is 0 Å². The van der Waals surface area contributed by atoms with Gasteiger partial charge in [0.15, 0.2) is 0 Å². The number of aryl methyl sites for hydroxylation is 4. The van der Waals surface area contributed by atoms with E-state index in [-0.39, 0.29) is 25.9 Å². The van der Waals surface area contributed by atoms with E-state index in [9.17, 15) is 0 Å². The Balaban J connectivity index is 0.00000205. The van der Waals surface area contributed by atoms with Crippen LogP contribution in [0.3, 0.4) is 0 Å². The smallest absolute Gasteiger partial charge is 0.0612 e. The van der Waals surface area contributed by atoms with Gasteiger partial charge in [-0.2, -0.15) is 0 Å². The zero-order valence-electron chi connectivity index (χ0n) is 16.7. The Morgan fingerprint density at radius 2 is 1.76 bits per heavy atom. The fourth-order valence-electron chi connectivity index (χ4n) is 4.40. The molecule has 0 spiro atoms.